The highest BCUT2D eigenvalue weighted by atomic mass is 15.3. The first-order valence-corrected chi connectivity index (χ1v) is 6.22. The van der Waals surface area contributed by atoms with Crippen molar-refractivity contribution >= 4 is 0 Å². The van der Waals surface area contributed by atoms with E-state index in [-0.39, 0.29) is 0 Å². The van der Waals surface area contributed by atoms with Crippen LogP contribution in [0.2, 0.25) is 0 Å². The highest BCUT2D eigenvalue weighted by Gasteiger charge is 2.04. The summed E-state index contributed by atoms with van der Waals surface area (Å²) in [5.41, 5.74) is 2.19. The molecule has 0 radical (unpaired) electrons. The quantitative estimate of drug-likeness (QED) is 0.836. The molecule has 0 unspecified atom stereocenters. The molecule has 4 nitrogen and oxygen atoms in total. The van der Waals surface area contributed by atoms with E-state index in [2.05, 4.69) is 40.6 Å². The number of para-hydroxylation sites is 1. The number of rotatable bonds is 6. The van der Waals surface area contributed by atoms with Gasteiger partial charge in [-0.2, -0.15) is 5.10 Å². The Morgan fingerprint density at radius 2 is 2.00 bits per heavy atom. The molecule has 1 aromatic heterocycles. The van der Waals surface area contributed by atoms with Gasteiger partial charge >= 0.3 is 0 Å². The second-order valence-corrected chi connectivity index (χ2v) is 4.43. The SMILES string of the molecule is CNCCN(C)Cc1ccn(-c2ccccc2)n1. The summed E-state index contributed by atoms with van der Waals surface area (Å²) in [4.78, 5) is 2.26. The smallest absolute Gasteiger partial charge is 0.0769 e. The Morgan fingerprint density at radius 3 is 2.72 bits per heavy atom. The summed E-state index contributed by atoms with van der Waals surface area (Å²) in [6, 6.07) is 12.2. The number of hydrogen-bond donors (Lipinski definition) is 1. The van der Waals surface area contributed by atoms with Crippen LogP contribution < -0.4 is 5.32 Å². The minimum absolute atomic E-state index is 0.877. The minimum Gasteiger partial charge on any atom is -0.318 e. The van der Waals surface area contributed by atoms with Crippen molar-refractivity contribution in [1.82, 2.24) is 20.0 Å². The molecular formula is C14H20N4. The zero-order valence-corrected chi connectivity index (χ0v) is 11.0. The van der Waals surface area contributed by atoms with E-state index < -0.39 is 0 Å². The summed E-state index contributed by atoms with van der Waals surface area (Å²) in [6.07, 6.45) is 2.01. The summed E-state index contributed by atoms with van der Waals surface area (Å²) >= 11 is 0. The lowest BCUT2D eigenvalue weighted by Gasteiger charge is -2.14. The summed E-state index contributed by atoms with van der Waals surface area (Å²) < 4.78 is 1.92. The monoisotopic (exact) mass is 244 g/mol. The number of benzene rings is 1. The molecule has 18 heavy (non-hydrogen) atoms. The van der Waals surface area contributed by atoms with Crippen LogP contribution >= 0.6 is 0 Å². The molecule has 2 aromatic rings. The van der Waals surface area contributed by atoms with E-state index in [1.807, 2.05) is 36.1 Å². The summed E-state index contributed by atoms with van der Waals surface area (Å²) in [7, 11) is 4.08. The van der Waals surface area contributed by atoms with Gasteiger partial charge in [-0.25, -0.2) is 4.68 Å². The van der Waals surface area contributed by atoms with Gasteiger partial charge in [0.15, 0.2) is 0 Å². The van der Waals surface area contributed by atoms with Crippen LogP contribution in [0.5, 0.6) is 0 Å². The molecule has 0 fully saturated rings. The lowest BCUT2D eigenvalue weighted by molar-refractivity contribution is 0.323. The molecule has 1 aromatic carbocycles. The molecule has 2 rings (SSSR count). The summed E-state index contributed by atoms with van der Waals surface area (Å²) in [6.45, 7) is 2.89. The third-order valence-corrected chi connectivity index (χ3v) is 2.84. The van der Waals surface area contributed by atoms with E-state index in [9.17, 15) is 0 Å². The first-order chi connectivity index (χ1) is 8.79. The Balaban J connectivity index is 1.98. The molecule has 0 amide bonds. The molecule has 1 heterocycles. The fourth-order valence-corrected chi connectivity index (χ4v) is 1.83. The molecule has 0 aliphatic heterocycles. The first kappa shape index (κ1) is 12.8. The number of nitrogens with zero attached hydrogens (tertiary/aromatic N) is 3. The van der Waals surface area contributed by atoms with Crippen molar-refractivity contribution in [2.24, 2.45) is 0 Å². The van der Waals surface area contributed by atoms with Gasteiger partial charge in [0.2, 0.25) is 0 Å². The van der Waals surface area contributed by atoms with Crippen molar-refractivity contribution in [3.63, 3.8) is 0 Å². The Labute approximate surface area is 108 Å². The fourth-order valence-electron chi connectivity index (χ4n) is 1.83. The maximum Gasteiger partial charge on any atom is 0.0769 e. The lowest BCUT2D eigenvalue weighted by Crippen LogP contribution is -2.27. The minimum atomic E-state index is 0.877. The molecule has 1 N–H and O–H groups in total. The molecule has 4 heteroatoms. The van der Waals surface area contributed by atoms with Crippen molar-refractivity contribution < 1.29 is 0 Å². The molecule has 0 bridgehead atoms. The van der Waals surface area contributed by atoms with Crippen molar-refractivity contribution in [3.8, 4) is 5.69 Å². The predicted octanol–water partition coefficient (Wildman–Crippen LogP) is 1.52. The zero-order chi connectivity index (χ0) is 12.8. The van der Waals surface area contributed by atoms with Crippen LogP contribution in [0.25, 0.3) is 5.69 Å². The van der Waals surface area contributed by atoms with Gasteiger partial charge in [-0.3, -0.25) is 4.90 Å². The van der Waals surface area contributed by atoms with Gasteiger partial charge in [0, 0.05) is 25.8 Å². The van der Waals surface area contributed by atoms with Crippen LogP contribution in [0.15, 0.2) is 42.6 Å². The van der Waals surface area contributed by atoms with Crippen molar-refractivity contribution in [3.05, 3.63) is 48.3 Å². The van der Waals surface area contributed by atoms with Crippen LogP contribution in [0.4, 0.5) is 0 Å². The van der Waals surface area contributed by atoms with E-state index in [0.29, 0.717) is 0 Å². The van der Waals surface area contributed by atoms with Crippen LogP contribution in [0.1, 0.15) is 5.69 Å². The summed E-state index contributed by atoms with van der Waals surface area (Å²) in [5, 5.41) is 7.73. The van der Waals surface area contributed by atoms with E-state index in [1.54, 1.807) is 0 Å². The molecule has 0 saturated carbocycles. The van der Waals surface area contributed by atoms with Gasteiger partial charge in [-0.1, -0.05) is 18.2 Å². The molecule has 0 aliphatic carbocycles. The second kappa shape index (κ2) is 6.33. The third kappa shape index (κ3) is 3.42. The normalized spacial score (nSPS) is 11.1. The lowest BCUT2D eigenvalue weighted by atomic mass is 10.3. The average molecular weight is 244 g/mol. The van der Waals surface area contributed by atoms with Gasteiger partial charge in [0.25, 0.3) is 0 Å². The van der Waals surface area contributed by atoms with Crippen molar-refractivity contribution in [2.45, 2.75) is 6.54 Å². The Bertz CT molecular complexity index is 464. The first-order valence-electron chi connectivity index (χ1n) is 6.22. The maximum absolute atomic E-state index is 4.58. The molecule has 0 spiro atoms. The van der Waals surface area contributed by atoms with Crippen LogP contribution in [0, 0.1) is 0 Å². The highest BCUT2D eigenvalue weighted by Crippen LogP contribution is 2.07. The van der Waals surface area contributed by atoms with Gasteiger partial charge in [0.1, 0.15) is 0 Å². The van der Waals surface area contributed by atoms with E-state index in [0.717, 1.165) is 31.0 Å². The van der Waals surface area contributed by atoms with Gasteiger partial charge in [-0.05, 0) is 32.3 Å². The molecule has 0 atom stereocenters. The average Bonchev–Trinajstić information content (AvgIpc) is 2.86. The van der Waals surface area contributed by atoms with Crippen LogP contribution in [0.3, 0.4) is 0 Å². The van der Waals surface area contributed by atoms with Gasteiger partial charge in [-0.15, -0.1) is 0 Å². The van der Waals surface area contributed by atoms with Gasteiger partial charge in [0.05, 0.1) is 11.4 Å². The summed E-state index contributed by atoms with van der Waals surface area (Å²) in [5.74, 6) is 0. The Morgan fingerprint density at radius 1 is 1.22 bits per heavy atom. The molecule has 96 valence electrons. The molecule has 0 aliphatic rings. The maximum atomic E-state index is 4.58. The van der Waals surface area contributed by atoms with Crippen LogP contribution in [-0.2, 0) is 6.54 Å². The van der Waals surface area contributed by atoms with Crippen molar-refractivity contribution in [2.75, 3.05) is 27.2 Å². The topological polar surface area (TPSA) is 33.1 Å². The van der Waals surface area contributed by atoms with Gasteiger partial charge < -0.3 is 5.32 Å². The van der Waals surface area contributed by atoms with Crippen LogP contribution in [-0.4, -0.2) is 41.9 Å². The Kier molecular flexibility index (Phi) is 4.50. The van der Waals surface area contributed by atoms with E-state index in [1.165, 1.54) is 0 Å². The largest absolute Gasteiger partial charge is 0.318 e. The van der Waals surface area contributed by atoms with Crippen molar-refractivity contribution in [1.29, 1.82) is 0 Å². The fraction of sp³-hybridized carbons (Fsp3) is 0.357. The molecular weight excluding hydrogens is 224 g/mol. The molecule has 0 saturated heterocycles. The second-order valence-electron chi connectivity index (χ2n) is 4.43. The number of aromatic nitrogens is 2. The zero-order valence-electron chi connectivity index (χ0n) is 11.0. The number of likely N-dealkylation sites (N-methyl/N-ethyl adjacent to an activating group) is 2. The predicted molar refractivity (Wildman–Crippen MR) is 73.8 cm³/mol. The van der Waals surface area contributed by atoms with E-state index >= 15 is 0 Å². The van der Waals surface area contributed by atoms with E-state index in [4.69, 9.17) is 0 Å². The third-order valence-electron chi connectivity index (χ3n) is 2.84. The Hall–Kier alpha value is -1.65. The number of hydrogen-bond acceptors (Lipinski definition) is 3. The standard InChI is InChI=1S/C14H20N4/c1-15-9-11-17(2)12-13-8-10-18(16-13)14-6-4-3-5-7-14/h3-8,10,15H,9,11-12H2,1-2H3. The number of nitrogens with one attached hydrogen (secondary N) is 1. The highest BCUT2D eigenvalue weighted by molar-refractivity contribution is 5.30.